The number of fused-ring (bicyclic) bond motifs is 3. The van der Waals surface area contributed by atoms with Crippen LogP contribution in [0.4, 0.5) is 0 Å². The van der Waals surface area contributed by atoms with Crippen LogP contribution in [-0.2, 0) is 25.5 Å². The number of hydrogen-bond donors (Lipinski definition) is 0. The Kier molecular flexibility index (Phi) is 11.4. The molecule has 1 radical (unpaired) electrons. The SMILES string of the molecule is CC(C)(C)c1ccnc(-c2[c-]ccc3c2oc2ccc(-c4cccc(-c5ccccc5)c4)cc23)c1.Cc1cc(-c2[c-]cccc2)nc[c]1[Ge]([CH3])([CH3])[CH3].[Ir]. The van der Waals surface area contributed by atoms with Gasteiger partial charge in [-0.1, -0.05) is 92.4 Å². The van der Waals surface area contributed by atoms with Gasteiger partial charge in [-0.25, -0.2) is 0 Å². The molecule has 5 heteroatoms. The van der Waals surface area contributed by atoms with Gasteiger partial charge < -0.3 is 9.40 Å². The standard InChI is InChI=1S/C33H26NO.C15H18GeN.Ir/c1-33(2,3)26-17-18-34-30(21-26)28-14-8-13-27-29-20-25(15-16-31(29)35-32(27)28)24-12-7-11-23(19-24)22-9-5-4-6-10-22;1-12-10-15(13-8-6-5-7-9-13)17-11-14(12)16(2,3)4;/h4-13,15-21H,1-3H3;5-8,10-11H,1-4H3;/q2*-1;. The molecule has 8 rings (SSSR count). The zero-order chi connectivity index (χ0) is 36.5. The Morgan fingerprint density at radius 1 is 0.623 bits per heavy atom. The Labute approximate surface area is 330 Å². The van der Waals surface area contributed by atoms with E-state index in [1.165, 1.54) is 37.8 Å². The minimum atomic E-state index is -1.77. The molecule has 0 fully saturated rings. The van der Waals surface area contributed by atoms with Crippen LogP contribution in [0.3, 0.4) is 0 Å². The summed E-state index contributed by atoms with van der Waals surface area (Å²) in [6.45, 7) is 8.84. The summed E-state index contributed by atoms with van der Waals surface area (Å²) in [6.07, 6.45) is 3.95. The van der Waals surface area contributed by atoms with Gasteiger partial charge in [-0.15, -0.1) is 18.2 Å². The minimum Gasteiger partial charge on any atom is 0 e. The van der Waals surface area contributed by atoms with E-state index in [1.807, 2.05) is 36.5 Å². The van der Waals surface area contributed by atoms with Crippen LogP contribution in [0.15, 0.2) is 144 Å². The molecule has 0 aliphatic heterocycles. The number of benzene rings is 5. The van der Waals surface area contributed by atoms with Crippen LogP contribution < -0.4 is 4.40 Å². The van der Waals surface area contributed by atoms with Gasteiger partial charge in [0.1, 0.15) is 5.58 Å². The van der Waals surface area contributed by atoms with Crippen molar-refractivity contribution in [3.05, 3.63) is 163 Å². The molecule has 0 atom stereocenters. The average Bonchev–Trinajstić information content (AvgIpc) is 3.53. The van der Waals surface area contributed by atoms with Gasteiger partial charge in [-0.3, -0.25) is 0 Å². The summed E-state index contributed by atoms with van der Waals surface area (Å²) in [4.78, 5) is 9.25. The van der Waals surface area contributed by atoms with E-state index in [1.54, 1.807) is 0 Å². The molecule has 3 aromatic heterocycles. The maximum absolute atomic E-state index is 6.38. The van der Waals surface area contributed by atoms with Gasteiger partial charge in [-0.2, -0.15) is 0 Å². The van der Waals surface area contributed by atoms with Crippen molar-refractivity contribution in [1.82, 2.24) is 9.97 Å². The number of aromatic nitrogens is 2. The molecule has 5 aromatic carbocycles. The van der Waals surface area contributed by atoms with Crippen molar-refractivity contribution >= 4 is 39.6 Å². The Balaban J connectivity index is 0.000000226. The molecule has 0 bridgehead atoms. The molecule has 0 saturated heterocycles. The summed E-state index contributed by atoms with van der Waals surface area (Å²) in [5, 5.41) is 2.18. The fourth-order valence-corrected chi connectivity index (χ4v) is 10.3. The molecule has 267 valence electrons. The fraction of sp³-hybridized carbons (Fsp3) is 0.167. The Morgan fingerprint density at radius 3 is 2.04 bits per heavy atom. The maximum atomic E-state index is 6.38. The van der Waals surface area contributed by atoms with Crippen LogP contribution in [-0.4, -0.2) is 23.2 Å². The summed E-state index contributed by atoms with van der Waals surface area (Å²) in [5.74, 6) is 7.20. The number of furan rings is 1. The maximum Gasteiger partial charge on any atom is 0 e. The Morgan fingerprint density at radius 2 is 1.34 bits per heavy atom. The molecule has 0 saturated carbocycles. The van der Waals surface area contributed by atoms with Crippen LogP contribution in [0.1, 0.15) is 31.9 Å². The Hall–Kier alpha value is -4.61. The molecule has 8 aromatic rings. The predicted octanol–water partition coefficient (Wildman–Crippen LogP) is 12.5. The fourth-order valence-electron chi connectivity index (χ4n) is 6.70. The second-order valence-corrected chi connectivity index (χ2v) is 26.0. The van der Waals surface area contributed by atoms with Crippen molar-refractivity contribution < 1.29 is 24.5 Å². The second kappa shape index (κ2) is 15.8. The first-order valence-electron chi connectivity index (χ1n) is 17.9. The zero-order valence-corrected chi connectivity index (χ0v) is 35.9. The van der Waals surface area contributed by atoms with E-state index in [-0.39, 0.29) is 25.5 Å². The van der Waals surface area contributed by atoms with Crippen molar-refractivity contribution in [1.29, 1.82) is 0 Å². The predicted molar refractivity (Wildman–Crippen MR) is 222 cm³/mol. The summed E-state index contributed by atoms with van der Waals surface area (Å²) < 4.78 is 7.87. The van der Waals surface area contributed by atoms with Crippen molar-refractivity contribution in [3.63, 3.8) is 0 Å². The first-order chi connectivity index (χ1) is 25.0. The molecule has 3 nitrogen and oxygen atoms in total. The summed E-state index contributed by atoms with van der Waals surface area (Å²) >= 11 is -1.77. The smallest absolute Gasteiger partial charge is 0 e. The van der Waals surface area contributed by atoms with E-state index in [2.05, 4.69) is 170 Å². The first-order valence-corrected chi connectivity index (χ1v) is 25.2. The van der Waals surface area contributed by atoms with E-state index >= 15 is 0 Å². The largest absolute Gasteiger partial charge is 0 e. The molecule has 0 spiro atoms. The van der Waals surface area contributed by atoms with Gasteiger partial charge in [0.25, 0.3) is 0 Å². The first kappa shape index (κ1) is 38.1. The van der Waals surface area contributed by atoms with Gasteiger partial charge in [0.05, 0.1) is 5.58 Å². The van der Waals surface area contributed by atoms with E-state index < -0.39 is 13.3 Å². The minimum absolute atomic E-state index is 0. The third-order valence-corrected chi connectivity index (χ3v) is 14.0. The van der Waals surface area contributed by atoms with E-state index in [4.69, 9.17) is 4.42 Å². The molecule has 0 N–H and O–H groups in total. The average molecular weight is 930 g/mol. The molecule has 0 aliphatic rings. The third kappa shape index (κ3) is 8.47. The van der Waals surface area contributed by atoms with Crippen molar-refractivity contribution in [2.24, 2.45) is 0 Å². The molecule has 53 heavy (non-hydrogen) atoms. The summed E-state index contributed by atoms with van der Waals surface area (Å²) in [5.41, 5.74) is 13.0. The summed E-state index contributed by atoms with van der Waals surface area (Å²) in [6, 6.07) is 50.7. The number of rotatable bonds is 5. The monoisotopic (exact) mass is 931 g/mol. The molecule has 0 aliphatic carbocycles. The number of hydrogen-bond acceptors (Lipinski definition) is 3. The van der Waals surface area contributed by atoms with Crippen LogP contribution in [0, 0.1) is 19.1 Å². The van der Waals surface area contributed by atoms with Gasteiger partial charge in [0.15, 0.2) is 0 Å². The van der Waals surface area contributed by atoms with Gasteiger partial charge >= 0.3 is 106 Å². The van der Waals surface area contributed by atoms with Gasteiger partial charge in [-0.05, 0) is 63.2 Å². The molecule has 3 heterocycles. The van der Waals surface area contributed by atoms with Crippen molar-refractivity contribution in [2.75, 3.05) is 0 Å². The quantitative estimate of drug-likeness (QED) is 0.128. The van der Waals surface area contributed by atoms with Crippen LogP contribution in [0.25, 0.3) is 66.7 Å². The van der Waals surface area contributed by atoms with Crippen molar-refractivity contribution in [3.8, 4) is 44.8 Å². The topological polar surface area (TPSA) is 38.9 Å². The molecular formula is C48H44GeIrN2O-2. The number of aryl methyl sites for hydroxylation is 1. The van der Waals surface area contributed by atoms with Gasteiger partial charge in [0.2, 0.25) is 0 Å². The van der Waals surface area contributed by atoms with E-state index in [0.29, 0.717) is 0 Å². The van der Waals surface area contributed by atoms with Gasteiger partial charge in [0, 0.05) is 31.7 Å². The molecular weight excluding hydrogens is 885 g/mol. The van der Waals surface area contributed by atoms with Crippen LogP contribution in [0.5, 0.6) is 0 Å². The van der Waals surface area contributed by atoms with Crippen molar-refractivity contribution in [2.45, 2.75) is 50.4 Å². The summed E-state index contributed by atoms with van der Waals surface area (Å²) in [7, 11) is 0. The Bertz CT molecular complexity index is 2490. The zero-order valence-electron chi connectivity index (χ0n) is 31.4. The molecule has 0 unspecified atom stereocenters. The normalized spacial score (nSPS) is 11.5. The van der Waals surface area contributed by atoms with E-state index in [9.17, 15) is 0 Å². The van der Waals surface area contributed by atoms with Crippen LogP contribution in [0.2, 0.25) is 17.3 Å². The molecule has 0 amide bonds. The third-order valence-electron chi connectivity index (χ3n) is 9.52. The number of pyridine rings is 2. The van der Waals surface area contributed by atoms with E-state index in [0.717, 1.165) is 44.5 Å². The second-order valence-electron chi connectivity index (χ2n) is 15.4. The van der Waals surface area contributed by atoms with Crippen LogP contribution >= 0.6 is 0 Å². The number of nitrogens with zero attached hydrogens (tertiary/aromatic N) is 2.